The van der Waals surface area contributed by atoms with Crippen molar-refractivity contribution in [3.8, 4) is 29.4 Å². The van der Waals surface area contributed by atoms with Gasteiger partial charge in [-0.15, -0.1) is 0 Å². The number of hydrogen-bond donors (Lipinski definition) is 2. The Morgan fingerprint density at radius 2 is 1.93 bits per heavy atom. The fraction of sp³-hybridized carbons (Fsp3) is 0.348. The molecule has 1 aromatic carbocycles. The fourth-order valence-corrected chi connectivity index (χ4v) is 2.05. The third kappa shape index (κ3) is 10.9. The second-order valence-corrected chi connectivity index (χ2v) is 5.82. The van der Waals surface area contributed by atoms with Crippen LogP contribution < -0.4 is 4.74 Å². The van der Waals surface area contributed by atoms with Crippen molar-refractivity contribution in [2.24, 2.45) is 0 Å². The first-order chi connectivity index (χ1) is 13.5. The molecule has 1 aromatic rings. The third-order valence-corrected chi connectivity index (χ3v) is 3.59. The van der Waals surface area contributed by atoms with Crippen molar-refractivity contribution in [3.63, 3.8) is 0 Å². The number of aliphatic hydroxyl groups is 2. The number of methoxy groups -OCH3 is 2. The molecule has 2 N–H and O–H groups in total. The van der Waals surface area contributed by atoms with E-state index < -0.39 is 12.2 Å². The van der Waals surface area contributed by atoms with E-state index in [4.69, 9.17) is 4.74 Å². The highest BCUT2D eigenvalue weighted by Gasteiger charge is 2.03. The predicted molar refractivity (Wildman–Crippen MR) is 108 cm³/mol. The average molecular weight is 382 g/mol. The third-order valence-electron chi connectivity index (χ3n) is 3.59. The molecule has 148 valence electrons. The number of allylic oxidation sites excluding steroid dienone is 3. The van der Waals surface area contributed by atoms with Crippen LogP contribution in [0.1, 0.15) is 31.2 Å². The highest BCUT2D eigenvalue weighted by molar-refractivity contribution is 5.69. The molecule has 0 saturated carbocycles. The van der Waals surface area contributed by atoms with Gasteiger partial charge in [0.1, 0.15) is 11.9 Å². The van der Waals surface area contributed by atoms with Gasteiger partial charge in [0.15, 0.2) is 0 Å². The average Bonchev–Trinajstić information content (AvgIpc) is 2.70. The first-order valence-electron chi connectivity index (χ1n) is 8.95. The molecule has 0 aliphatic rings. The smallest absolute Gasteiger partial charge is 0.305 e. The van der Waals surface area contributed by atoms with E-state index in [1.165, 1.54) is 7.11 Å². The lowest BCUT2D eigenvalue weighted by molar-refractivity contribution is -0.140. The molecular weight excluding hydrogens is 356 g/mol. The highest BCUT2D eigenvalue weighted by Crippen LogP contribution is 2.10. The summed E-state index contributed by atoms with van der Waals surface area (Å²) in [6, 6.07) is 7.39. The minimum atomic E-state index is -0.780. The normalized spacial score (nSPS) is 12.6. The highest BCUT2D eigenvalue weighted by atomic mass is 16.5. The van der Waals surface area contributed by atoms with E-state index in [1.807, 2.05) is 24.3 Å². The van der Waals surface area contributed by atoms with Crippen LogP contribution in [-0.4, -0.2) is 42.6 Å². The van der Waals surface area contributed by atoms with Gasteiger partial charge in [-0.3, -0.25) is 4.79 Å². The van der Waals surface area contributed by atoms with Gasteiger partial charge in [0.05, 0.1) is 20.3 Å². The molecule has 0 unspecified atom stereocenters. The monoisotopic (exact) mass is 382 g/mol. The topological polar surface area (TPSA) is 76.0 Å². The maximum Gasteiger partial charge on any atom is 0.305 e. The Bertz CT molecular complexity index is 769. The molecule has 5 heteroatoms. The standard InChI is InChI=1S/C23H26O5/c1-27-22-17-15-19(16-18-22)9-7-12-20(24)10-5-3-4-6-11-21(25)13-8-14-23(26)28-2/h3-5,10,15-18,20-21,24-25H,8,12-14H2,1-2H3/b4-3+,10-5+/t20-,21+/m0/s1. The van der Waals surface area contributed by atoms with Crippen LogP contribution in [-0.2, 0) is 9.53 Å². The van der Waals surface area contributed by atoms with E-state index in [0.29, 0.717) is 19.3 Å². The number of esters is 1. The van der Waals surface area contributed by atoms with Crippen molar-refractivity contribution in [2.45, 2.75) is 37.9 Å². The Balaban J connectivity index is 2.30. The molecule has 0 aliphatic heterocycles. The minimum absolute atomic E-state index is 0.271. The molecule has 0 aliphatic carbocycles. The van der Waals surface area contributed by atoms with Crippen molar-refractivity contribution < 1.29 is 24.5 Å². The van der Waals surface area contributed by atoms with E-state index >= 15 is 0 Å². The number of benzene rings is 1. The zero-order valence-electron chi connectivity index (χ0n) is 16.2. The summed E-state index contributed by atoms with van der Waals surface area (Å²) in [6.07, 6.45) is 6.63. The fourth-order valence-electron chi connectivity index (χ4n) is 2.05. The van der Waals surface area contributed by atoms with Gasteiger partial charge in [-0.2, -0.15) is 0 Å². The SMILES string of the molecule is COC(=O)CCC[C@H](O)C#C/C=C/C=C/[C@H](O)CC#Cc1ccc(OC)cc1. The summed E-state index contributed by atoms with van der Waals surface area (Å²) in [4.78, 5) is 11.0. The Kier molecular flexibility index (Phi) is 11.6. The van der Waals surface area contributed by atoms with E-state index in [1.54, 1.807) is 31.4 Å². The van der Waals surface area contributed by atoms with Gasteiger partial charge in [0.25, 0.3) is 0 Å². The molecule has 0 radical (unpaired) electrons. The summed E-state index contributed by atoms with van der Waals surface area (Å²) >= 11 is 0. The largest absolute Gasteiger partial charge is 0.497 e. The van der Waals surface area contributed by atoms with E-state index in [2.05, 4.69) is 28.4 Å². The molecule has 2 atom stereocenters. The predicted octanol–water partition coefficient (Wildman–Crippen LogP) is 2.62. The molecule has 28 heavy (non-hydrogen) atoms. The summed E-state index contributed by atoms with van der Waals surface area (Å²) in [5.74, 6) is 11.8. The van der Waals surface area contributed by atoms with Gasteiger partial charge in [-0.05, 0) is 43.2 Å². The van der Waals surface area contributed by atoms with Crippen molar-refractivity contribution in [1.82, 2.24) is 0 Å². The number of hydrogen-bond acceptors (Lipinski definition) is 5. The zero-order chi connectivity index (χ0) is 20.6. The number of carbonyl (C=O) groups excluding carboxylic acids is 1. The summed E-state index contributed by atoms with van der Waals surface area (Å²) in [5, 5.41) is 19.5. The van der Waals surface area contributed by atoms with E-state index in [-0.39, 0.29) is 12.4 Å². The number of carbonyl (C=O) groups is 1. The molecule has 1 rings (SSSR count). The van der Waals surface area contributed by atoms with E-state index in [0.717, 1.165) is 11.3 Å². The van der Waals surface area contributed by atoms with Crippen LogP contribution in [0.4, 0.5) is 0 Å². The summed E-state index contributed by atoms with van der Waals surface area (Å²) in [6.45, 7) is 0. The van der Waals surface area contributed by atoms with Gasteiger partial charge in [0, 0.05) is 18.4 Å². The van der Waals surface area contributed by atoms with Crippen LogP contribution in [0.2, 0.25) is 0 Å². The summed E-state index contributed by atoms with van der Waals surface area (Å²) in [7, 11) is 2.94. The van der Waals surface area contributed by atoms with Crippen LogP contribution in [0.25, 0.3) is 0 Å². The molecule has 0 saturated heterocycles. The number of ether oxygens (including phenoxy) is 2. The molecule has 0 amide bonds. The van der Waals surface area contributed by atoms with Crippen LogP contribution in [0, 0.1) is 23.7 Å². The zero-order valence-corrected chi connectivity index (χ0v) is 16.2. The first kappa shape index (κ1) is 23.0. The van der Waals surface area contributed by atoms with Gasteiger partial charge in [-0.25, -0.2) is 0 Å². The Morgan fingerprint density at radius 1 is 1.18 bits per heavy atom. The van der Waals surface area contributed by atoms with Gasteiger partial charge in [-0.1, -0.05) is 41.9 Å². The van der Waals surface area contributed by atoms with Crippen molar-refractivity contribution >= 4 is 5.97 Å². The second kappa shape index (κ2) is 14.1. The molecule has 0 bridgehead atoms. The number of aliphatic hydroxyl groups excluding tert-OH is 2. The van der Waals surface area contributed by atoms with Gasteiger partial charge >= 0.3 is 5.97 Å². The van der Waals surface area contributed by atoms with E-state index in [9.17, 15) is 15.0 Å². The van der Waals surface area contributed by atoms with Crippen LogP contribution in [0.3, 0.4) is 0 Å². The lowest BCUT2D eigenvalue weighted by Gasteiger charge is -2.01. The maximum atomic E-state index is 11.0. The number of rotatable bonds is 8. The molecule has 0 heterocycles. The Labute approximate surface area is 166 Å². The summed E-state index contributed by atoms with van der Waals surface area (Å²) in [5.41, 5.74) is 0.859. The molecule has 0 fully saturated rings. The lowest BCUT2D eigenvalue weighted by atomic mass is 10.1. The Hall–Kier alpha value is -2.99. The molecule has 5 nitrogen and oxygen atoms in total. The van der Waals surface area contributed by atoms with Crippen molar-refractivity contribution in [2.75, 3.05) is 14.2 Å². The van der Waals surface area contributed by atoms with Crippen LogP contribution in [0.5, 0.6) is 5.75 Å². The molecular formula is C23H26O5. The minimum Gasteiger partial charge on any atom is -0.497 e. The van der Waals surface area contributed by atoms with Crippen molar-refractivity contribution in [1.29, 1.82) is 0 Å². The maximum absolute atomic E-state index is 11.0. The quantitative estimate of drug-likeness (QED) is 0.411. The molecule has 0 aromatic heterocycles. The Morgan fingerprint density at radius 3 is 2.61 bits per heavy atom. The lowest BCUT2D eigenvalue weighted by Crippen LogP contribution is -2.05. The summed E-state index contributed by atoms with van der Waals surface area (Å²) < 4.78 is 9.61. The first-order valence-corrected chi connectivity index (χ1v) is 8.95. The van der Waals surface area contributed by atoms with Gasteiger partial charge in [0.2, 0.25) is 0 Å². The van der Waals surface area contributed by atoms with Crippen LogP contribution >= 0.6 is 0 Å². The van der Waals surface area contributed by atoms with Gasteiger partial charge < -0.3 is 19.7 Å². The van der Waals surface area contributed by atoms with Crippen molar-refractivity contribution in [3.05, 3.63) is 54.1 Å². The second-order valence-electron chi connectivity index (χ2n) is 5.82. The van der Waals surface area contributed by atoms with Crippen LogP contribution in [0.15, 0.2) is 48.6 Å². The molecule has 0 spiro atoms.